The van der Waals surface area contributed by atoms with Crippen molar-refractivity contribution >= 4 is 11.6 Å². The maximum Gasteiger partial charge on any atom is 0.141 e. The lowest BCUT2D eigenvalue weighted by Gasteiger charge is -2.25. The predicted octanol–water partition coefficient (Wildman–Crippen LogP) is 4.83. The molecule has 19 heavy (non-hydrogen) atoms. The van der Waals surface area contributed by atoms with E-state index in [4.69, 9.17) is 11.6 Å². The van der Waals surface area contributed by atoms with Gasteiger partial charge in [0.05, 0.1) is 5.02 Å². The molecule has 108 valence electrons. The number of hydrogen-bond acceptors (Lipinski definition) is 1. The van der Waals surface area contributed by atoms with E-state index in [-0.39, 0.29) is 16.4 Å². The molecule has 0 amide bonds. The van der Waals surface area contributed by atoms with E-state index >= 15 is 0 Å². The SMILES string of the molecule is CCCC(CNC(C)(C)C)Cc1ccc(F)c(Cl)c1. The second-order valence-electron chi connectivity index (χ2n) is 6.24. The zero-order valence-electron chi connectivity index (χ0n) is 12.4. The summed E-state index contributed by atoms with van der Waals surface area (Å²) in [4.78, 5) is 0. The molecule has 1 rings (SSSR count). The van der Waals surface area contributed by atoms with Gasteiger partial charge < -0.3 is 5.32 Å². The van der Waals surface area contributed by atoms with Crippen LogP contribution in [0.4, 0.5) is 4.39 Å². The first-order valence-corrected chi connectivity index (χ1v) is 7.38. The van der Waals surface area contributed by atoms with Gasteiger partial charge in [0, 0.05) is 5.54 Å². The van der Waals surface area contributed by atoms with Gasteiger partial charge in [0.25, 0.3) is 0 Å². The summed E-state index contributed by atoms with van der Waals surface area (Å²) in [5, 5.41) is 3.76. The van der Waals surface area contributed by atoms with Gasteiger partial charge in [-0.2, -0.15) is 0 Å². The molecule has 1 nitrogen and oxygen atoms in total. The van der Waals surface area contributed by atoms with Crippen LogP contribution in [0.15, 0.2) is 18.2 Å². The van der Waals surface area contributed by atoms with Crippen molar-refractivity contribution in [3.8, 4) is 0 Å². The first-order valence-electron chi connectivity index (χ1n) is 7.00. The lowest BCUT2D eigenvalue weighted by Crippen LogP contribution is -2.39. The molecular weight excluding hydrogens is 261 g/mol. The van der Waals surface area contributed by atoms with Crippen molar-refractivity contribution in [2.45, 2.75) is 52.5 Å². The molecule has 0 spiro atoms. The lowest BCUT2D eigenvalue weighted by molar-refractivity contribution is 0.355. The zero-order valence-corrected chi connectivity index (χ0v) is 13.1. The van der Waals surface area contributed by atoms with E-state index in [9.17, 15) is 4.39 Å². The quantitative estimate of drug-likeness (QED) is 0.790. The van der Waals surface area contributed by atoms with Crippen LogP contribution in [0.5, 0.6) is 0 Å². The van der Waals surface area contributed by atoms with Gasteiger partial charge in [-0.3, -0.25) is 0 Å². The van der Waals surface area contributed by atoms with Gasteiger partial charge in [-0.1, -0.05) is 31.0 Å². The van der Waals surface area contributed by atoms with Crippen molar-refractivity contribution in [2.24, 2.45) is 5.92 Å². The third-order valence-electron chi connectivity index (χ3n) is 3.13. The minimum absolute atomic E-state index is 0.131. The van der Waals surface area contributed by atoms with Crippen LogP contribution in [-0.2, 0) is 6.42 Å². The Morgan fingerprint density at radius 1 is 1.32 bits per heavy atom. The molecule has 0 heterocycles. The molecule has 3 heteroatoms. The summed E-state index contributed by atoms with van der Waals surface area (Å²) in [7, 11) is 0. The Bertz CT molecular complexity index is 398. The second-order valence-corrected chi connectivity index (χ2v) is 6.65. The van der Waals surface area contributed by atoms with Gasteiger partial charge in [-0.15, -0.1) is 0 Å². The van der Waals surface area contributed by atoms with Crippen LogP contribution >= 0.6 is 11.6 Å². The molecule has 1 N–H and O–H groups in total. The number of nitrogens with one attached hydrogen (secondary N) is 1. The summed E-state index contributed by atoms with van der Waals surface area (Å²) in [6.07, 6.45) is 3.26. The van der Waals surface area contributed by atoms with Crippen LogP contribution in [-0.4, -0.2) is 12.1 Å². The summed E-state index contributed by atoms with van der Waals surface area (Å²) >= 11 is 5.83. The van der Waals surface area contributed by atoms with Gasteiger partial charge in [0.15, 0.2) is 0 Å². The first-order chi connectivity index (χ1) is 8.81. The largest absolute Gasteiger partial charge is 0.312 e. The topological polar surface area (TPSA) is 12.0 Å². The molecule has 0 radical (unpaired) electrons. The molecule has 0 fully saturated rings. The van der Waals surface area contributed by atoms with Crippen LogP contribution in [0, 0.1) is 11.7 Å². The number of rotatable bonds is 6. The monoisotopic (exact) mass is 285 g/mol. The first kappa shape index (κ1) is 16.5. The van der Waals surface area contributed by atoms with Crippen molar-refractivity contribution in [3.05, 3.63) is 34.6 Å². The smallest absolute Gasteiger partial charge is 0.141 e. The fraction of sp³-hybridized carbons (Fsp3) is 0.625. The van der Waals surface area contributed by atoms with E-state index in [1.54, 1.807) is 6.07 Å². The Labute approximate surface area is 121 Å². The van der Waals surface area contributed by atoms with Crippen LogP contribution in [0.25, 0.3) is 0 Å². The number of halogens is 2. The molecule has 0 saturated carbocycles. The number of benzene rings is 1. The Kier molecular flexibility index (Phi) is 6.28. The van der Waals surface area contributed by atoms with Crippen molar-refractivity contribution in [3.63, 3.8) is 0 Å². The fourth-order valence-electron chi connectivity index (χ4n) is 2.14. The molecule has 0 aromatic heterocycles. The van der Waals surface area contributed by atoms with Crippen LogP contribution in [0.1, 0.15) is 46.1 Å². The molecule has 1 aromatic carbocycles. The number of hydrogen-bond donors (Lipinski definition) is 1. The van der Waals surface area contributed by atoms with Crippen LogP contribution in [0.2, 0.25) is 5.02 Å². The Morgan fingerprint density at radius 2 is 2.00 bits per heavy atom. The molecular formula is C16H25ClFN. The van der Waals surface area contributed by atoms with Crippen molar-refractivity contribution in [2.75, 3.05) is 6.54 Å². The van der Waals surface area contributed by atoms with Gasteiger partial charge in [-0.25, -0.2) is 4.39 Å². The van der Waals surface area contributed by atoms with E-state index in [0.29, 0.717) is 5.92 Å². The third kappa shape index (κ3) is 6.40. The minimum Gasteiger partial charge on any atom is -0.312 e. The Balaban J connectivity index is 2.64. The third-order valence-corrected chi connectivity index (χ3v) is 3.42. The molecule has 0 aliphatic heterocycles. The standard InChI is InChI=1S/C16H25ClFN/c1-5-6-13(11-19-16(2,3)4)9-12-7-8-15(18)14(17)10-12/h7-8,10,13,19H,5-6,9,11H2,1-4H3. The maximum atomic E-state index is 13.1. The van der Waals surface area contributed by atoms with Gasteiger partial charge in [0.1, 0.15) is 5.82 Å². The highest BCUT2D eigenvalue weighted by Gasteiger charge is 2.14. The molecule has 1 aromatic rings. The molecule has 1 unspecified atom stereocenters. The van der Waals surface area contributed by atoms with Crippen molar-refractivity contribution in [1.29, 1.82) is 0 Å². The average Bonchev–Trinajstić information content (AvgIpc) is 2.30. The maximum absolute atomic E-state index is 13.1. The van der Waals surface area contributed by atoms with Gasteiger partial charge >= 0.3 is 0 Å². The van der Waals surface area contributed by atoms with E-state index in [1.807, 2.05) is 6.07 Å². The lowest BCUT2D eigenvalue weighted by atomic mass is 9.94. The predicted molar refractivity (Wildman–Crippen MR) is 81.3 cm³/mol. The van der Waals surface area contributed by atoms with Crippen molar-refractivity contribution < 1.29 is 4.39 Å². The fourth-order valence-corrected chi connectivity index (χ4v) is 2.34. The molecule has 0 bridgehead atoms. The van der Waals surface area contributed by atoms with E-state index in [2.05, 4.69) is 33.0 Å². The zero-order chi connectivity index (χ0) is 14.5. The Hall–Kier alpha value is -0.600. The molecule has 0 aliphatic rings. The molecule has 0 saturated heterocycles. The second kappa shape index (κ2) is 7.25. The van der Waals surface area contributed by atoms with E-state index in [1.165, 1.54) is 6.07 Å². The summed E-state index contributed by atoms with van der Waals surface area (Å²) in [6, 6.07) is 5.04. The van der Waals surface area contributed by atoms with Crippen LogP contribution < -0.4 is 5.32 Å². The highest BCUT2D eigenvalue weighted by Crippen LogP contribution is 2.20. The highest BCUT2D eigenvalue weighted by atomic mass is 35.5. The normalized spacial score (nSPS) is 13.6. The molecule has 1 atom stereocenters. The van der Waals surface area contributed by atoms with Gasteiger partial charge in [-0.05, 0) is 63.8 Å². The average molecular weight is 286 g/mol. The Morgan fingerprint density at radius 3 is 2.53 bits per heavy atom. The highest BCUT2D eigenvalue weighted by molar-refractivity contribution is 6.30. The summed E-state index contributed by atoms with van der Waals surface area (Å²) in [5.74, 6) is 0.219. The van der Waals surface area contributed by atoms with Crippen LogP contribution in [0.3, 0.4) is 0 Å². The van der Waals surface area contributed by atoms with Gasteiger partial charge in [0.2, 0.25) is 0 Å². The molecule has 0 aliphatic carbocycles. The van der Waals surface area contributed by atoms with E-state index in [0.717, 1.165) is 31.4 Å². The summed E-state index contributed by atoms with van der Waals surface area (Å²) < 4.78 is 13.1. The van der Waals surface area contributed by atoms with Crippen molar-refractivity contribution in [1.82, 2.24) is 5.32 Å². The minimum atomic E-state index is -0.342. The summed E-state index contributed by atoms with van der Waals surface area (Å²) in [5.41, 5.74) is 1.24. The van der Waals surface area contributed by atoms with E-state index < -0.39 is 0 Å². The summed E-state index contributed by atoms with van der Waals surface area (Å²) in [6.45, 7) is 9.69.